The lowest BCUT2D eigenvalue weighted by molar-refractivity contribution is 0.587. The van der Waals surface area contributed by atoms with Crippen LogP contribution in [0.1, 0.15) is 44.9 Å². The molecule has 1 unspecified atom stereocenters. The second kappa shape index (κ2) is 5.61. The Morgan fingerprint density at radius 1 is 1.10 bits per heavy atom. The predicted molar refractivity (Wildman–Crippen MR) is 81.4 cm³/mol. The van der Waals surface area contributed by atoms with Gasteiger partial charge in [0.25, 0.3) is 0 Å². The minimum absolute atomic E-state index is 0.0860. The number of pyridine rings is 1. The van der Waals surface area contributed by atoms with Gasteiger partial charge in [0.1, 0.15) is 11.6 Å². The van der Waals surface area contributed by atoms with E-state index in [2.05, 4.69) is 37.1 Å². The number of halogens is 1. The van der Waals surface area contributed by atoms with E-state index < -0.39 is 0 Å². The molecule has 1 atom stereocenters. The van der Waals surface area contributed by atoms with Gasteiger partial charge in [0.2, 0.25) is 0 Å². The molecule has 20 heavy (non-hydrogen) atoms. The van der Waals surface area contributed by atoms with E-state index in [1.165, 1.54) is 11.6 Å². The van der Waals surface area contributed by atoms with Crippen molar-refractivity contribution >= 4 is 5.82 Å². The van der Waals surface area contributed by atoms with Crippen LogP contribution in [0.25, 0.3) is 0 Å². The number of hydrogen-bond donors (Lipinski definition) is 1. The zero-order valence-corrected chi connectivity index (χ0v) is 12.4. The molecule has 0 fully saturated rings. The van der Waals surface area contributed by atoms with Crippen molar-refractivity contribution in [1.82, 2.24) is 4.98 Å². The Balaban J connectivity index is 2.13. The van der Waals surface area contributed by atoms with Gasteiger partial charge in [-0.05, 0) is 30.0 Å². The fourth-order valence-corrected chi connectivity index (χ4v) is 2.05. The van der Waals surface area contributed by atoms with Gasteiger partial charge >= 0.3 is 0 Å². The lowest BCUT2D eigenvalue weighted by Crippen LogP contribution is -2.13. The molecule has 3 heteroatoms. The molecule has 0 spiro atoms. The van der Waals surface area contributed by atoms with Gasteiger partial charge < -0.3 is 5.32 Å². The second-order valence-corrected chi connectivity index (χ2v) is 6.07. The van der Waals surface area contributed by atoms with Gasteiger partial charge in [-0.1, -0.05) is 45.0 Å². The Morgan fingerprint density at radius 2 is 1.80 bits per heavy atom. The molecule has 0 amide bonds. The number of rotatable bonds is 3. The summed E-state index contributed by atoms with van der Waals surface area (Å²) in [6.07, 6.45) is 1.87. The Kier molecular flexibility index (Phi) is 4.07. The Morgan fingerprint density at radius 3 is 2.35 bits per heavy atom. The quantitative estimate of drug-likeness (QED) is 0.876. The molecule has 1 aromatic carbocycles. The summed E-state index contributed by atoms with van der Waals surface area (Å²) >= 11 is 0. The van der Waals surface area contributed by atoms with Crippen molar-refractivity contribution in [2.45, 2.75) is 39.2 Å². The minimum atomic E-state index is -0.196. The van der Waals surface area contributed by atoms with Crippen LogP contribution in [0.2, 0.25) is 0 Å². The summed E-state index contributed by atoms with van der Waals surface area (Å²) in [5, 5.41) is 3.23. The number of aromatic nitrogens is 1. The number of hydrogen-bond acceptors (Lipinski definition) is 2. The third-order valence-electron chi connectivity index (χ3n) is 3.37. The molecule has 1 heterocycles. The van der Waals surface area contributed by atoms with Crippen LogP contribution in [0.3, 0.4) is 0 Å². The molecular weight excluding hydrogens is 251 g/mol. The minimum Gasteiger partial charge on any atom is -0.363 e. The van der Waals surface area contributed by atoms with Crippen molar-refractivity contribution in [2.24, 2.45) is 0 Å². The maximum atomic E-state index is 13.7. The topological polar surface area (TPSA) is 24.9 Å². The molecule has 0 aliphatic carbocycles. The lowest BCUT2D eigenvalue weighted by atomic mass is 9.88. The summed E-state index contributed by atoms with van der Waals surface area (Å²) in [4.78, 5) is 4.41. The number of nitrogens with one attached hydrogen (secondary N) is 1. The fourth-order valence-electron chi connectivity index (χ4n) is 2.05. The van der Waals surface area contributed by atoms with E-state index in [4.69, 9.17) is 0 Å². The maximum absolute atomic E-state index is 13.7. The van der Waals surface area contributed by atoms with Crippen molar-refractivity contribution in [2.75, 3.05) is 5.32 Å². The van der Waals surface area contributed by atoms with Crippen molar-refractivity contribution in [1.29, 1.82) is 0 Å². The average Bonchev–Trinajstić information content (AvgIpc) is 2.38. The van der Waals surface area contributed by atoms with E-state index in [0.29, 0.717) is 5.56 Å². The molecule has 2 rings (SSSR count). The monoisotopic (exact) mass is 272 g/mol. The highest BCUT2D eigenvalue weighted by atomic mass is 19.1. The molecule has 2 nitrogen and oxygen atoms in total. The van der Waals surface area contributed by atoms with Crippen molar-refractivity contribution in [3.8, 4) is 0 Å². The summed E-state index contributed by atoms with van der Waals surface area (Å²) in [7, 11) is 0. The third-order valence-corrected chi connectivity index (χ3v) is 3.37. The SMILES string of the molecule is CC(Nc1ccc(C(C)(C)C)cn1)c1ccccc1F. The molecule has 2 aromatic rings. The highest BCUT2D eigenvalue weighted by Crippen LogP contribution is 2.24. The van der Waals surface area contributed by atoms with Gasteiger partial charge in [0.05, 0.1) is 6.04 Å². The van der Waals surface area contributed by atoms with E-state index in [0.717, 1.165) is 5.82 Å². The van der Waals surface area contributed by atoms with E-state index in [-0.39, 0.29) is 17.3 Å². The average molecular weight is 272 g/mol. The molecule has 0 aliphatic heterocycles. The molecule has 1 aromatic heterocycles. The summed E-state index contributed by atoms with van der Waals surface area (Å²) in [6, 6.07) is 10.7. The summed E-state index contributed by atoms with van der Waals surface area (Å²) in [5.74, 6) is 0.563. The van der Waals surface area contributed by atoms with Gasteiger partial charge in [0.15, 0.2) is 0 Å². The third kappa shape index (κ3) is 3.35. The van der Waals surface area contributed by atoms with E-state index in [9.17, 15) is 4.39 Å². The van der Waals surface area contributed by atoms with Gasteiger partial charge in [0, 0.05) is 11.8 Å². The standard InChI is InChI=1S/C17H21FN2/c1-12(14-7-5-6-8-15(14)18)20-16-10-9-13(11-19-16)17(2,3)4/h5-12H,1-4H3,(H,19,20). The first kappa shape index (κ1) is 14.5. The first-order valence-corrected chi connectivity index (χ1v) is 6.85. The molecule has 0 radical (unpaired) electrons. The summed E-state index contributed by atoms with van der Waals surface area (Å²) in [6.45, 7) is 8.38. The summed E-state index contributed by atoms with van der Waals surface area (Å²) in [5.41, 5.74) is 1.92. The smallest absolute Gasteiger partial charge is 0.128 e. The van der Waals surface area contributed by atoms with E-state index >= 15 is 0 Å². The Hall–Kier alpha value is -1.90. The van der Waals surface area contributed by atoms with Crippen LogP contribution < -0.4 is 5.32 Å². The first-order chi connectivity index (χ1) is 9.38. The van der Waals surface area contributed by atoms with Crippen LogP contribution in [-0.2, 0) is 5.41 Å². The van der Waals surface area contributed by atoms with Gasteiger partial charge in [-0.3, -0.25) is 0 Å². The molecule has 0 aliphatic rings. The Labute approximate surface area is 120 Å². The zero-order chi connectivity index (χ0) is 14.8. The largest absolute Gasteiger partial charge is 0.363 e. The molecule has 106 valence electrons. The van der Waals surface area contributed by atoms with Gasteiger partial charge in [-0.25, -0.2) is 9.37 Å². The van der Waals surface area contributed by atoms with Crippen LogP contribution in [0.4, 0.5) is 10.2 Å². The van der Waals surface area contributed by atoms with Crippen LogP contribution in [0.5, 0.6) is 0 Å². The second-order valence-electron chi connectivity index (χ2n) is 6.07. The first-order valence-electron chi connectivity index (χ1n) is 6.85. The molecule has 0 bridgehead atoms. The predicted octanol–water partition coefficient (Wildman–Crippen LogP) is 4.69. The fraction of sp³-hybridized carbons (Fsp3) is 0.353. The van der Waals surface area contributed by atoms with Crippen LogP contribution in [0, 0.1) is 5.82 Å². The lowest BCUT2D eigenvalue weighted by Gasteiger charge is -2.20. The zero-order valence-electron chi connectivity index (χ0n) is 12.4. The highest BCUT2D eigenvalue weighted by molar-refractivity contribution is 5.40. The van der Waals surface area contributed by atoms with Crippen LogP contribution in [-0.4, -0.2) is 4.98 Å². The van der Waals surface area contributed by atoms with Crippen molar-refractivity contribution in [3.05, 3.63) is 59.5 Å². The molecule has 0 saturated carbocycles. The van der Waals surface area contributed by atoms with Crippen LogP contribution >= 0.6 is 0 Å². The number of anilines is 1. The molecule has 0 saturated heterocycles. The normalized spacial score (nSPS) is 13.1. The molecule has 1 N–H and O–H groups in total. The number of benzene rings is 1. The highest BCUT2D eigenvalue weighted by Gasteiger charge is 2.14. The van der Waals surface area contributed by atoms with Gasteiger partial charge in [-0.2, -0.15) is 0 Å². The number of nitrogens with zero attached hydrogens (tertiary/aromatic N) is 1. The van der Waals surface area contributed by atoms with E-state index in [1.54, 1.807) is 12.1 Å². The maximum Gasteiger partial charge on any atom is 0.128 e. The Bertz CT molecular complexity index is 570. The van der Waals surface area contributed by atoms with Crippen molar-refractivity contribution in [3.63, 3.8) is 0 Å². The summed E-state index contributed by atoms with van der Waals surface area (Å²) < 4.78 is 13.7. The van der Waals surface area contributed by atoms with E-state index in [1.807, 2.05) is 25.3 Å². The van der Waals surface area contributed by atoms with Crippen molar-refractivity contribution < 1.29 is 4.39 Å². The van der Waals surface area contributed by atoms with Gasteiger partial charge in [-0.15, -0.1) is 0 Å². The molecular formula is C17H21FN2. The van der Waals surface area contributed by atoms with Crippen LogP contribution in [0.15, 0.2) is 42.6 Å².